The fraction of sp³-hybridized carbons (Fsp3) is 0. The molecule has 0 saturated carbocycles. The van der Waals surface area contributed by atoms with Gasteiger partial charge in [0.1, 0.15) is 0 Å². The molecule has 2 unspecified atom stereocenters. The van der Waals surface area contributed by atoms with Crippen LogP contribution in [0.15, 0.2) is 72.8 Å². The third-order valence-electron chi connectivity index (χ3n) is 3.72. The number of hydrogen-bond donors (Lipinski definition) is 2. The first-order chi connectivity index (χ1) is 12.5. The van der Waals surface area contributed by atoms with Crippen LogP contribution in [-0.4, -0.2) is 22.2 Å². The molecule has 0 heterocycles. The van der Waals surface area contributed by atoms with Crippen LogP contribution < -0.4 is 21.2 Å². The number of carboxylic acid groups (broad SMARTS) is 2. The van der Waals surface area contributed by atoms with Gasteiger partial charge in [-0.25, -0.2) is 9.59 Å². The molecule has 130 valence electrons. The topological polar surface area (TPSA) is 74.6 Å². The molecule has 0 amide bonds. The highest BCUT2D eigenvalue weighted by molar-refractivity contribution is 7.62. The molecule has 0 fully saturated rings. The second kappa shape index (κ2) is 8.23. The van der Waals surface area contributed by atoms with E-state index in [0.29, 0.717) is 0 Å². The molecule has 3 rings (SSSR count). The van der Waals surface area contributed by atoms with Gasteiger partial charge < -0.3 is 10.2 Å². The zero-order valence-electron chi connectivity index (χ0n) is 13.6. The van der Waals surface area contributed by atoms with Crippen LogP contribution >= 0.6 is 17.2 Å². The second-order valence-corrected chi connectivity index (χ2v) is 8.27. The molecular formula is C20H16O4P2. The summed E-state index contributed by atoms with van der Waals surface area (Å²) in [5, 5.41) is 22.7. The van der Waals surface area contributed by atoms with Crippen molar-refractivity contribution in [2.75, 3.05) is 0 Å². The predicted octanol–water partition coefficient (Wildman–Crippen LogP) is 2.34. The van der Waals surface area contributed by atoms with Crippen molar-refractivity contribution in [2.45, 2.75) is 0 Å². The molecule has 2 atom stereocenters. The Bertz CT molecular complexity index is 862. The van der Waals surface area contributed by atoms with E-state index in [1.807, 2.05) is 60.7 Å². The summed E-state index contributed by atoms with van der Waals surface area (Å²) in [6.45, 7) is 0. The SMILES string of the molecule is O=C(O)c1cc(Pc2ccccc2)c(Pc2ccccc2)cc1C(=O)O. The molecule has 6 heteroatoms. The maximum absolute atomic E-state index is 11.5. The highest BCUT2D eigenvalue weighted by Crippen LogP contribution is 2.20. The molecular weight excluding hydrogens is 366 g/mol. The molecule has 4 nitrogen and oxygen atoms in total. The zero-order chi connectivity index (χ0) is 18.5. The van der Waals surface area contributed by atoms with Crippen LogP contribution in [0, 0.1) is 0 Å². The molecule has 0 bridgehead atoms. The zero-order valence-corrected chi connectivity index (χ0v) is 15.6. The van der Waals surface area contributed by atoms with E-state index >= 15 is 0 Å². The van der Waals surface area contributed by atoms with Gasteiger partial charge in [-0.15, -0.1) is 0 Å². The number of aromatic carboxylic acids is 2. The van der Waals surface area contributed by atoms with Crippen molar-refractivity contribution in [3.63, 3.8) is 0 Å². The van der Waals surface area contributed by atoms with Crippen LogP contribution in [0.1, 0.15) is 20.7 Å². The van der Waals surface area contributed by atoms with E-state index in [0.717, 1.165) is 21.2 Å². The maximum atomic E-state index is 11.5. The summed E-state index contributed by atoms with van der Waals surface area (Å²) in [5.74, 6) is -2.45. The summed E-state index contributed by atoms with van der Waals surface area (Å²) in [7, 11) is 0.514. The van der Waals surface area contributed by atoms with Crippen molar-refractivity contribution in [1.82, 2.24) is 0 Å². The number of rotatable bonds is 6. The molecule has 0 saturated heterocycles. The van der Waals surface area contributed by atoms with Gasteiger partial charge in [0.2, 0.25) is 0 Å². The molecule has 0 aliphatic rings. The Kier molecular flexibility index (Phi) is 5.78. The fourth-order valence-corrected chi connectivity index (χ4v) is 5.08. The van der Waals surface area contributed by atoms with Crippen molar-refractivity contribution >= 4 is 50.3 Å². The quantitative estimate of drug-likeness (QED) is 0.642. The minimum absolute atomic E-state index is 0.169. The third-order valence-corrected chi connectivity index (χ3v) is 6.58. The van der Waals surface area contributed by atoms with Gasteiger partial charge in [-0.3, -0.25) is 0 Å². The summed E-state index contributed by atoms with van der Waals surface area (Å²) in [5.41, 5.74) is -0.338. The summed E-state index contributed by atoms with van der Waals surface area (Å²) < 4.78 is 0. The first-order valence-electron chi connectivity index (χ1n) is 7.83. The van der Waals surface area contributed by atoms with Gasteiger partial charge in [0, 0.05) is 0 Å². The van der Waals surface area contributed by atoms with Gasteiger partial charge >= 0.3 is 11.9 Å². The Labute approximate surface area is 154 Å². The first-order valence-corrected chi connectivity index (χ1v) is 9.83. The number of carbonyl (C=O) groups is 2. The Morgan fingerprint density at radius 1 is 0.615 bits per heavy atom. The smallest absolute Gasteiger partial charge is 0.336 e. The van der Waals surface area contributed by atoms with Crippen molar-refractivity contribution in [3.8, 4) is 0 Å². The minimum Gasteiger partial charge on any atom is -0.478 e. The van der Waals surface area contributed by atoms with Crippen LogP contribution in [0.2, 0.25) is 0 Å². The van der Waals surface area contributed by atoms with E-state index in [9.17, 15) is 19.8 Å². The maximum Gasteiger partial charge on any atom is 0.336 e. The Balaban J connectivity index is 2.10. The van der Waals surface area contributed by atoms with Gasteiger partial charge in [0.05, 0.1) is 11.1 Å². The lowest BCUT2D eigenvalue weighted by Gasteiger charge is -2.14. The van der Waals surface area contributed by atoms with Crippen molar-refractivity contribution < 1.29 is 19.8 Å². The minimum atomic E-state index is -1.23. The Morgan fingerprint density at radius 3 is 1.27 bits per heavy atom. The average molecular weight is 382 g/mol. The van der Waals surface area contributed by atoms with E-state index in [-0.39, 0.29) is 28.3 Å². The van der Waals surface area contributed by atoms with E-state index in [4.69, 9.17) is 0 Å². The van der Waals surface area contributed by atoms with Gasteiger partial charge in [-0.1, -0.05) is 77.8 Å². The van der Waals surface area contributed by atoms with Crippen LogP contribution in [0.4, 0.5) is 0 Å². The number of carboxylic acids is 2. The largest absolute Gasteiger partial charge is 0.478 e. The van der Waals surface area contributed by atoms with E-state index in [1.54, 1.807) is 0 Å². The lowest BCUT2D eigenvalue weighted by Crippen LogP contribution is -2.25. The first kappa shape index (κ1) is 18.3. The van der Waals surface area contributed by atoms with Crippen LogP contribution in [0.25, 0.3) is 0 Å². The average Bonchev–Trinajstić information content (AvgIpc) is 2.64. The Morgan fingerprint density at radius 2 is 0.962 bits per heavy atom. The molecule has 26 heavy (non-hydrogen) atoms. The normalized spacial score (nSPS) is 11.4. The molecule has 0 aromatic heterocycles. The molecule has 0 radical (unpaired) electrons. The van der Waals surface area contributed by atoms with Crippen molar-refractivity contribution in [3.05, 3.63) is 83.9 Å². The van der Waals surface area contributed by atoms with Gasteiger partial charge in [0.15, 0.2) is 0 Å². The summed E-state index contributed by atoms with van der Waals surface area (Å²) >= 11 is 0. The predicted molar refractivity (Wildman–Crippen MR) is 108 cm³/mol. The highest BCUT2D eigenvalue weighted by Gasteiger charge is 2.20. The van der Waals surface area contributed by atoms with E-state index in [1.165, 1.54) is 12.1 Å². The van der Waals surface area contributed by atoms with Crippen LogP contribution in [0.5, 0.6) is 0 Å². The summed E-state index contributed by atoms with van der Waals surface area (Å²) in [6.07, 6.45) is 0. The molecule has 3 aromatic carbocycles. The van der Waals surface area contributed by atoms with Gasteiger partial charge in [-0.2, -0.15) is 0 Å². The second-order valence-electron chi connectivity index (χ2n) is 5.54. The lowest BCUT2D eigenvalue weighted by atomic mass is 10.1. The van der Waals surface area contributed by atoms with E-state index < -0.39 is 11.9 Å². The third kappa shape index (κ3) is 4.35. The van der Waals surface area contributed by atoms with Gasteiger partial charge in [-0.05, 0) is 33.4 Å². The fourth-order valence-electron chi connectivity index (χ4n) is 2.51. The number of hydrogen-bond acceptors (Lipinski definition) is 2. The summed E-state index contributed by atoms with van der Waals surface area (Å²) in [4.78, 5) is 23.1. The molecule has 2 N–H and O–H groups in total. The standard InChI is InChI=1S/C20H16O4P2/c21-19(22)15-11-17(25-13-7-3-1-4-8-13)18(12-16(15)20(23)24)26-14-9-5-2-6-10-14/h1-12,25-26H,(H,21,22)(H,23,24). The molecule has 0 aliphatic carbocycles. The van der Waals surface area contributed by atoms with Gasteiger partial charge in [0.25, 0.3) is 0 Å². The van der Waals surface area contributed by atoms with Crippen molar-refractivity contribution in [2.24, 2.45) is 0 Å². The number of benzene rings is 3. The molecule has 0 spiro atoms. The van der Waals surface area contributed by atoms with E-state index in [2.05, 4.69) is 0 Å². The molecule has 3 aromatic rings. The van der Waals surface area contributed by atoms with Crippen molar-refractivity contribution in [1.29, 1.82) is 0 Å². The Hall–Kier alpha value is -2.54. The summed E-state index contributed by atoms with van der Waals surface area (Å²) in [6, 6.07) is 22.6. The molecule has 0 aliphatic heterocycles. The lowest BCUT2D eigenvalue weighted by molar-refractivity contribution is 0.0652. The van der Waals surface area contributed by atoms with Crippen LogP contribution in [0.3, 0.4) is 0 Å². The highest BCUT2D eigenvalue weighted by atomic mass is 31.1. The monoisotopic (exact) mass is 382 g/mol. The van der Waals surface area contributed by atoms with Crippen LogP contribution in [-0.2, 0) is 0 Å².